The van der Waals surface area contributed by atoms with Crippen molar-refractivity contribution >= 4 is 15.7 Å². The molecule has 1 aliphatic carbocycles. The van der Waals surface area contributed by atoms with Gasteiger partial charge in [-0.25, -0.2) is 32.3 Å². The van der Waals surface area contributed by atoms with Crippen LogP contribution in [0.3, 0.4) is 0 Å². The molecular weight excluding hydrogens is 458 g/mol. The lowest BCUT2D eigenvalue weighted by molar-refractivity contribution is 0.285. The van der Waals surface area contributed by atoms with Gasteiger partial charge in [0.05, 0.1) is 22.8 Å². The van der Waals surface area contributed by atoms with Crippen LogP contribution in [-0.2, 0) is 10.0 Å². The Labute approximate surface area is 198 Å². The molecule has 34 heavy (non-hydrogen) atoms. The van der Waals surface area contributed by atoms with Crippen molar-refractivity contribution in [3.63, 3.8) is 0 Å². The molecule has 2 heterocycles. The number of hydrogen-bond donors (Lipinski definition) is 3. The van der Waals surface area contributed by atoms with E-state index in [1.807, 2.05) is 6.92 Å². The molecule has 10 nitrogen and oxygen atoms in total. The van der Waals surface area contributed by atoms with Crippen molar-refractivity contribution in [1.82, 2.24) is 24.1 Å². The largest absolute Gasteiger partial charge is 0.493 e. The zero-order valence-electron chi connectivity index (χ0n) is 19.5. The zero-order chi connectivity index (χ0) is 24.3. The number of hydrogen-bond acceptors (Lipinski definition) is 7. The van der Waals surface area contributed by atoms with Crippen molar-refractivity contribution < 1.29 is 18.3 Å². The molecule has 11 heteroatoms. The minimum atomic E-state index is -3.80. The lowest BCUT2D eigenvalue weighted by atomic mass is 10.0. The Morgan fingerprint density at radius 2 is 2.00 bits per heavy atom. The van der Waals surface area contributed by atoms with E-state index in [4.69, 9.17) is 14.8 Å². The molecule has 0 saturated heterocycles. The summed E-state index contributed by atoms with van der Waals surface area (Å²) in [6.07, 6.45) is 5.30. The molecule has 3 aromatic rings. The maximum Gasteiger partial charge on any atom is 0.334 e. The number of aromatic nitrogens is 4. The highest BCUT2D eigenvalue weighted by molar-refractivity contribution is 7.89. The Kier molecular flexibility index (Phi) is 7.34. The molecular formula is C23H31N5O5S. The fourth-order valence-electron chi connectivity index (χ4n) is 4.45. The predicted molar refractivity (Wildman–Crippen MR) is 128 cm³/mol. The molecule has 0 spiro atoms. The number of unbranched alkanes of at least 4 members (excludes halogenated alkanes) is 1. The number of benzene rings is 1. The third-order valence-electron chi connectivity index (χ3n) is 6.13. The third-order valence-corrected chi connectivity index (χ3v) is 7.59. The fraction of sp³-hybridized carbons (Fsp3) is 0.522. The smallest absolute Gasteiger partial charge is 0.334 e. The summed E-state index contributed by atoms with van der Waals surface area (Å²) in [5.74, 6) is 1.49. The molecule has 1 fully saturated rings. The molecule has 0 bridgehead atoms. The summed E-state index contributed by atoms with van der Waals surface area (Å²) in [6, 6.07) is 4.50. The van der Waals surface area contributed by atoms with E-state index in [1.54, 1.807) is 13.0 Å². The minimum absolute atomic E-state index is 0.00730. The third kappa shape index (κ3) is 4.86. The summed E-state index contributed by atoms with van der Waals surface area (Å²) in [6.45, 7) is 4.20. The van der Waals surface area contributed by atoms with Crippen LogP contribution in [0.2, 0.25) is 0 Å². The van der Waals surface area contributed by atoms with Gasteiger partial charge in [-0.2, -0.15) is 0 Å². The quantitative estimate of drug-likeness (QED) is 0.372. The first-order valence-corrected chi connectivity index (χ1v) is 13.2. The highest BCUT2D eigenvalue weighted by atomic mass is 32.2. The Morgan fingerprint density at radius 1 is 1.24 bits per heavy atom. The van der Waals surface area contributed by atoms with E-state index in [2.05, 4.69) is 14.7 Å². The van der Waals surface area contributed by atoms with Crippen molar-refractivity contribution in [3.05, 3.63) is 40.2 Å². The number of aliphatic hydroxyl groups excluding tert-OH is 1. The van der Waals surface area contributed by atoms with Crippen LogP contribution >= 0.6 is 0 Å². The van der Waals surface area contributed by atoms with Gasteiger partial charge in [-0.1, -0.05) is 12.8 Å². The normalized spacial score (nSPS) is 14.8. The Morgan fingerprint density at radius 3 is 2.71 bits per heavy atom. The van der Waals surface area contributed by atoms with Crippen LogP contribution in [0.1, 0.15) is 62.9 Å². The van der Waals surface area contributed by atoms with Crippen molar-refractivity contribution in [2.75, 3.05) is 19.8 Å². The highest BCUT2D eigenvalue weighted by Gasteiger charge is 2.26. The van der Waals surface area contributed by atoms with Gasteiger partial charge in [0.25, 0.3) is 0 Å². The number of ether oxygens (including phenoxy) is 1. The van der Waals surface area contributed by atoms with Gasteiger partial charge in [0.15, 0.2) is 5.65 Å². The summed E-state index contributed by atoms with van der Waals surface area (Å²) in [5, 5.41) is 8.91. The lowest BCUT2D eigenvalue weighted by Crippen LogP contribution is -2.25. The van der Waals surface area contributed by atoms with Crippen molar-refractivity contribution in [3.8, 4) is 17.1 Å². The second-order valence-electron chi connectivity index (χ2n) is 8.49. The second-order valence-corrected chi connectivity index (χ2v) is 10.3. The minimum Gasteiger partial charge on any atom is -0.493 e. The number of H-pyrrole nitrogens is 1. The van der Waals surface area contributed by atoms with Gasteiger partial charge in [-0.05, 0) is 57.7 Å². The first kappa shape index (κ1) is 24.4. The van der Waals surface area contributed by atoms with Gasteiger partial charge in [0.1, 0.15) is 17.4 Å². The van der Waals surface area contributed by atoms with Gasteiger partial charge >= 0.3 is 5.69 Å². The van der Waals surface area contributed by atoms with E-state index in [0.717, 1.165) is 31.4 Å². The van der Waals surface area contributed by atoms with Crippen LogP contribution in [-0.4, -0.2) is 52.6 Å². The Balaban J connectivity index is 1.80. The number of fused-ring (bicyclic) bond motifs is 1. The van der Waals surface area contributed by atoms with E-state index in [-0.39, 0.29) is 35.5 Å². The molecule has 184 valence electrons. The number of sulfonamides is 1. The Hall–Kier alpha value is -2.76. The topological polar surface area (TPSA) is 139 Å². The van der Waals surface area contributed by atoms with Crippen LogP contribution in [0.4, 0.5) is 0 Å². The van der Waals surface area contributed by atoms with Crippen molar-refractivity contribution in [2.45, 2.75) is 63.2 Å². The second kappa shape index (κ2) is 10.2. The molecule has 0 unspecified atom stereocenters. The van der Waals surface area contributed by atoms with Crippen LogP contribution in [0, 0.1) is 6.92 Å². The van der Waals surface area contributed by atoms with Crippen molar-refractivity contribution in [2.24, 2.45) is 0 Å². The van der Waals surface area contributed by atoms with Crippen molar-refractivity contribution in [1.29, 1.82) is 0 Å². The fourth-order valence-corrected chi connectivity index (χ4v) is 5.55. The monoisotopic (exact) mass is 489 g/mol. The van der Waals surface area contributed by atoms with Crippen LogP contribution < -0.4 is 15.1 Å². The number of imidazole rings is 1. The van der Waals surface area contributed by atoms with Gasteiger partial charge in [-0.15, -0.1) is 0 Å². The Bertz CT molecular complexity index is 1330. The summed E-state index contributed by atoms with van der Waals surface area (Å²) in [7, 11) is -3.80. The molecule has 2 aromatic heterocycles. The molecule has 0 amide bonds. The molecule has 1 aliphatic rings. The first-order chi connectivity index (χ1) is 16.4. The molecule has 0 atom stereocenters. The lowest BCUT2D eigenvalue weighted by Gasteiger charge is -2.13. The van der Waals surface area contributed by atoms with Gasteiger partial charge in [-0.3, -0.25) is 4.98 Å². The molecule has 3 N–H and O–H groups in total. The molecule has 1 saturated carbocycles. The molecule has 1 aromatic carbocycles. The average molecular weight is 490 g/mol. The summed E-state index contributed by atoms with van der Waals surface area (Å²) >= 11 is 0. The predicted octanol–water partition coefficient (Wildman–Crippen LogP) is 2.50. The molecule has 4 rings (SSSR count). The van der Waals surface area contributed by atoms with Crippen LogP contribution in [0.15, 0.2) is 27.9 Å². The standard InChI is InChI=1S/C23H31N5O5S/c1-3-33-19-11-10-17(34(31,32)24-12-6-7-13-29)14-18(19)21-26-22-20(16-8-4-5-9-16)25-15(2)28(22)23(30)27-21/h10-11,14,16,24,29H,3-9,12-13H2,1-2H3,(H,26,27,30). The number of aryl methyl sites for hydroxylation is 1. The summed E-state index contributed by atoms with van der Waals surface area (Å²) in [4.78, 5) is 25.2. The first-order valence-electron chi connectivity index (χ1n) is 11.7. The van der Waals surface area contributed by atoms with Gasteiger partial charge in [0.2, 0.25) is 10.0 Å². The summed E-state index contributed by atoms with van der Waals surface area (Å²) in [5.41, 5.74) is 1.32. The maximum atomic E-state index is 13.0. The number of nitrogens with one attached hydrogen (secondary N) is 2. The van der Waals surface area contributed by atoms with E-state index in [9.17, 15) is 13.2 Å². The summed E-state index contributed by atoms with van der Waals surface area (Å²) < 4.78 is 35.4. The van der Waals surface area contributed by atoms with E-state index < -0.39 is 10.0 Å². The number of nitrogens with zero attached hydrogens (tertiary/aromatic N) is 3. The maximum absolute atomic E-state index is 13.0. The van der Waals surface area contributed by atoms with E-state index in [0.29, 0.717) is 42.2 Å². The molecule has 0 radical (unpaired) electrons. The van der Waals surface area contributed by atoms with Crippen LogP contribution in [0.25, 0.3) is 17.0 Å². The van der Waals surface area contributed by atoms with E-state index >= 15 is 0 Å². The van der Waals surface area contributed by atoms with Gasteiger partial charge in [0, 0.05) is 19.1 Å². The number of rotatable bonds is 10. The van der Waals surface area contributed by atoms with Gasteiger partial charge < -0.3 is 9.84 Å². The zero-order valence-corrected chi connectivity index (χ0v) is 20.3. The van der Waals surface area contributed by atoms with E-state index in [1.165, 1.54) is 16.5 Å². The number of aromatic amines is 1. The highest BCUT2D eigenvalue weighted by Crippen LogP contribution is 2.36. The SMILES string of the molecule is CCOc1ccc(S(=O)(=O)NCCCCO)cc1-c1nc2c(C3CCCC3)nc(C)n2c(=O)[nH]1. The molecule has 0 aliphatic heterocycles. The number of aliphatic hydroxyl groups is 1. The average Bonchev–Trinajstić information content (AvgIpc) is 3.45. The van der Waals surface area contributed by atoms with Crippen LogP contribution in [0.5, 0.6) is 5.75 Å².